The molecule has 1 atom stereocenters. The first kappa shape index (κ1) is 31.6. The summed E-state index contributed by atoms with van der Waals surface area (Å²) in [5.41, 5.74) is 1.32. The van der Waals surface area contributed by atoms with Crippen LogP contribution in [0.5, 0.6) is 0 Å². The molecule has 3 aromatic carbocycles. The molecule has 41 heavy (non-hydrogen) atoms. The zero-order valence-corrected chi connectivity index (χ0v) is 24.1. The third-order valence-electron chi connectivity index (χ3n) is 6.00. The van der Waals surface area contributed by atoms with Crippen molar-refractivity contribution in [1.29, 1.82) is 0 Å². The van der Waals surface area contributed by atoms with E-state index in [1.54, 1.807) is 20.8 Å². The number of ether oxygens (including phenoxy) is 3. The molecule has 0 spiro atoms. The second kappa shape index (κ2) is 16.3. The third kappa shape index (κ3) is 12.0. The number of fused-ring (bicyclic) bond motifs is 1. The van der Waals surface area contributed by atoms with Gasteiger partial charge in [-0.1, -0.05) is 72.8 Å². The predicted molar refractivity (Wildman–Crippen MR) is 159 cm³/mol. The molecule has 0 radical (unpaired) electrons. The van der Waals surface area contributed by atoms with E-state index in [-0.39, 0.29) is 18.2 Å². The highest BCUT2D eigenvalue weighted by Crippen LogP contribution is 2.19. The number of hydrogen-bond acceptors (Lipinski definition) is 6. The molecule has 0 bridgehead atoms. The summed E-state index contributed by atoms with van der Waals surface area (Å²) in [5.74, 6) is -0.486. The molecule has 3 amide bonds. The Balaban J connectivity index is 1.39. The standard InChI is InChI=1S/C32H41N3O6/c1-32(2,3)41-31(38)34-17-19-40-21-20-39-18-16-33-30(37)28(22-24-10-5-4-6-11-24)35-29(36)23-26-14-9-13-25-12-7-8-15-27(25)26/h4-15,28H,16-23H2,1-3H3,(H,33,37)(H,34,38)(H,35,36). The Morgan fingerprint density at radius 1 is 0.756 bits per heavy atom. The molecule has 0 saturated carbocycles. The van der Waals surface area contributed by atoms with E-state index >= 15 is 0 Å². The van der Waals surface area contributed by atoms with E-state index in [1.807, 2.05) is 72.8 Å². The fourth-order valence-corrected chi connectivity index (χ4v) is 4.16. The number of amides is 3. The number of alkyl carbamates (subject to hydrolysis) is 1. The van der Waals surface area contributed by atoms with Crippen LogP contribution in [0.2, 0.25) is 0 Å². The first-order valence-corrected chi connectivity index (χ1v) is 13.9. The molecule has 0 aromatic heterocycles. The van der Waals surface area contributed by atoms with E-state index in [2.05, 4.69) is 16.0 Å². The molecule has 9 heteroatoms. The van der Waals surface area contributed by atoms with Gasteiger partial charge in [-0.2, -0.15) is 0 Å². The van der Waals surface area contributed by atoms with Crippen molar-refractivity contribution in [2.45, 2.75) is 45.3 Å². The van der Waals surface area contributed by atoms with Gasteiger partial charge < -0.3 is 30.2 Å². The monoisotopic (exact) mass is 563 g/mol. The number of benzene rings is 3. The Labute approximate surface area is 241 Å². The van der Waals surface area contributed by atoms with E-state index in [4.69, 9.17) is 14.2 Å². The van der Waals surface area contributed by atoms with E-state index in [0.717, 1.165) is 21.9 Å². The highest BCUT2D eigenvalue weighted by molar-refractivity contribution is 5.92. The minimum atomic E-state index is -0.722. The van der Waals surface area contributed by atoms with Gasteiger partial charge in [-0.15, -0.1) is 0 Å². The lowest BCUT2D eigenvalue weighted by molar-refractivity contribution is -0.128. The lowest BCUT2D eigenvalue weighted by atomic mass is 10.0. The van der Waals surface area contributed by atoms with Crippen LogP contribution in [0.4, 0.5) is 4.79 Å². The van der Waals surface area contributed by atoms with Crippen LogP contribution in [0, 0.1) is 0 Å². The van der Waals surface area contributed by atoms with Crippen LogP contribution in [-0.2, 0) is 36.6 Å². The van der Waals surface area contributed by atoms with Gasteiger partial charge in [0.2, 0.25) is 11.8 Å². The van der Waals surface area contributed by atoms with Crippen molar-refractivity contribution >= 4 is 28.7 Å². The van der Waals surface area contributed by atoms with Gasteiger partial charge in [-0.25, -0.2) is 4.79 Å². The van der Waals surface area contributed by atoms with Crippen molar-refractivity contribution in [1.82, 2.24) is 16.0 Å². The highest BCUT2D eigenvalue weighted by Gasteiger charge is 2.21. The largest absolute Gasteiger partial charge is 0.444 e. The number of rotatable bonds is 15. The smallest absolute Gasteiger partial charge is 0.407 e. The minimum absolute atomic E-state index is 0.177. The van der Waals surface area contributed by atoms with Gasteiger partial charge in [-0.05, 0) is 42.7 Å². The molecule has 0 aliphatic heterocycles. The maximum Gasteiger partial charge on any atom is 0.407 e. The second-order valence-corrected chi connectivity index (χ2v) is 10.6. The molecule has 3 rings (SSSR count). The summed E-state index contributed by atoms with van der Waals surface area (Å²) in [6.45, 7) is 7.36. The van der Waals surface area contributed by atoms with Crippen molar-refractivity contribution in [3.63, 3.8) is 0 Å². The molecular formula is C32H41N3O6. The molecule has 0 fully saturated rings. The fourth-order valence-electron chi connectivity index (χ4n) is 4.16. The number of carbonyl (C=O) groups is 3. The van der Waals surface area contributed by atoms with E-state index in [1.165, 1.54) is 0 Å². The summed E-state index contributed by atoms with van der Waals surface area (Å²) in [4.78, 5) is 37.7. The average molecular weight is 564 g/mol. The summed E-state index contributed by atoms with van der Waals surface area (Å²) in [7, 11) is 0. The zero-order valence-electron chi connectivity index (χ0n) is 24.1. The van der Waals surface area contributed by atoms with Gasteiger partial charge >= 0.3 is 6.09 Å². The van der Waals surface area contributed by atoms with Crippen molar-refractivity contribution in [2.75, 3.05) is 39.5 Å². The minimum Gasteiger partial charge on any atom is -0.444 e. The van der Waals surface area contributed by atoms with Gasteiger partial charge in [0.1, 0.15) is 11.6 Å². The molecular weight excluding hydrogens is 522 g/mol. The van der Waals surface area contributed by atoms with Crippen molar-refractivity contribution in [3.05, 3.63) is 83.9 Å². The topological polar surface area (TPSA) is 115 Å². The lowest BCUT2D eigenvalue weighted by Gasteiger charge is -2.19. The maximum atomic E-state index is 13.0. The number of hydrogen-bond donors (Lipinski definition) is 3. The lowest BCUT2D eigenvalue weighted by Crippen LogP contribution is -2.49. The van der Waals surface area contributed by atoms with Gasteiger partial charge in [0.25, 0.3) is 0 Å². The first-order valence-electron chi connectivity index (χ1n) is 13.9. The summed E-state index contributed by atoms with van der Waals surface area (Å²) in [6.07, 6.45) is 0.0689. The average Bonchev–Trinajstić information content (AvgIpc) is 2.93. The quantitative estimate of drug-likeness (QED) is 0.243. The van der Waals surface area contributed by atoms with Crippen molar-refractivity contribution in [2.24, 2.45) is 0 Å². The SMILES string of the molecule is CC(C)(C)OC(=O)NCCOCCOCCNC(=O)C(Cc1ccccc1)NC(=O)Cc1cccc2ccccc12. The molecule has 220 valence electrons. The Morgan fingerprint density at radius 2 is 1.39 bits per heavy atom. The van der Waals surface area contributed by atoms with Crippen LogP contribution in [0.15, 0.2) is 72.8 Å². The van der Waals surface area contributed by atoms with E-state index in [9.17, 15) is 14.4 Å². The van der Waals surface area contributed by atoms with Gasteiger partial charge in [0.05, 0.1) is 32.8 Å². The van der Waals surface area contributed by atoms with Crippen LogP contribution in [-0.4, -0.2) is 69.1 Å². The van der Waals surface area contributed by atoms with Crippen molar-refractivity contribution in [3.8, 4) is 0 Å². The summed E-state index contributed by atoms with van der Waals surface area (Å²) < 4.78 is 16.1. The Morgan fingerprint density at radius 3 is 2.10 bits per heavy atom. The molecule has 1 unspecified atom stereocenters. The molecule has 0 aliphatic rings. The van der Waals surface area contributed by atoms with Crippen molar-refractivity contribution < 1.29 is 28.6 Å². The molecule has 3 aromatic rings. The van der Waals surface area contributed by atoms with Crippen LogP contribution in [0.1, 0.15) is 31.9 Å². The van der Waals surface area contributed by atoms with Gasteiger partial charge in [0, 0.05) is 19.5 Å². The molecule has 0 aliphatic carbocycles. The highest BCUT2D eigenvalue weighted by atomic mass is 16.6. The Hall–Kier alpha value is -3.95. The van der Waals surface area contributed by atoms with E-state index in [0.29, 0.717) is 45.9 Å². The number of nitrogens with one attached hydrogen (secondary N) is 3. The molecule has 3 N–H and O–H groups in total. The molecule has 0 saturated heterocycles. The summed E-state index contributed by atoms with van der Waals surface area (Å²) >= 11 is 0. The van der Waals surface area contributed by atoms with Crippen LogP contribution >= 0.6 is 0 Å². The zero-order chi connectivity index (χ0) is 29.5. The molecule has 9 nitrogen and oxygen atoms in total. The van der Waals surface area contributed by atoms with Crippen LogP contribution < -0.4 is 16.0 Å². The third-order valence-corrected chi connectivity index (χ3v) is 6.00. The maximum absolute atomic E-state index is 13.0. The summed E-state index contributed by atoms with van der Waals surface area (Å²) in [5, 5.41) is 10.5. The second-order valence-electron chi connectivity index (χ2n) is 10.6. The van der Waals surface area contributed by atoms with Gasteiger partial charge in [0.15, 0.2) is 0 Å². The Kier molecular flexibility index (Phi) is 12.6. The normalized spacial score (nSPS) is 12.0. The Bertz CT molecular complexity index is 1250. The van der Waals surface area contributed by atoms with Crippen LogP contribution in [0.25, 0.3) is 10.8 Å². The van der Waals surface area contributed by atoms with E-state index < -0.39 is 17.7 Å². The number of carbonyl (C=O) groups excluding carboxylic acids is 3. The predicted octanol–water partition coefficient (Wildman–Crippen LogP) is 3.78. The summed E-state index contributed by atoms with van der Waals surface area (Å²) in [6, 6.07) is 22.7. The molecule has 0 heterocycles. The van der Waals surface area contributed by atoms with Crippen LogP contribution in [0.3, 0.4) is 0 Å². The first-order chi connectivity index (χ1) is 19.7. The fraction of sp³-hybridized carbons (Fsp3) is 0.406. The van der Waals surface area contributed by atoms with Gasteiger partial charge in [-0.3, -0.25) is 9.59 Å².